The first kappa shape index (κ1) is 18.6. The van der Waals surface area contributed by atoms with Gasteiger partial charge in [0.2, 0.25) is 0 Å². The van der Waals surface area contributed by atoms with Crippen molar-refractivity contribution in [3.63, 3.8) is 0 Å². The van der Waals surface area contributed by atoms with Gasteiger partial charge in [0.1, 0.15) is 0 Å². The minimum absolute atomic E-state index is 0. The Morgan fingerprint density at radius 2 is 1.23 bits per heavy atom. The summed E-state index contributed by atoms with van der Waals surface area (Å²) in [7, 11) is -6.01. The summed E-state index contributed by atoms with van der Waals surface area (Å²) in [6, 6.07) is 0. The third-order valence-corrected chi connectivity index (χ3v) is 1.08. The van der Waals surface area contributed by atoms with Crippen molar-refractivity contribution in [2.75, 3.05) is 0 Å². The van der Waals surface area contributed by atoms with E-state index >= 15 is 0 Å². The molecule has 0 aromatic carbocycles. The van der Waals surface area contributed by atoms with Crippen molar-refractivity contribution >= 4 is 30.0 Å². The van der Waals surface area contributed by atoms with E-state index in [2.05, 4.69) is 22.2 Å². The summed E-state index contributed by atoms with van der Waals surface area (Å²) in [4.78, 5) is 18.8. The van der Waals surface area contributed by atoms with Crippen LogP contribution >= 0.6 is 16.5 Å². The summed E-state index contributed by atoms with van der Waals surface area (Å²) in [6.07, 6.45) is 1.74. The average Bonchev–Trinajstić information content (AvgIpc) is 1.87. The molecule has 0 spiro atoms. The van der Waals surface area contributed by atoms with E-state index in [1.54, 1.807) is 0 Å². The normalized spacial score (nSPS) is 11.8. The lowest BCUT2D eigenvalue weighted by molar-refractivity contribution is -0.182. The molecule has 0 fully saturated rings. The first-order chi connectivity index (χ1) is 5.54. The first-order valence-corrected chi connectivity index (χ1v) is 4.96. The predicted octanol–water partition coefficient (Wildman–Crippen LogP) is -0.209. The Morgan fingerprint density at radius 3 is 1.23 bits per heavy atom. The highest BCUT2D eigenvalue weighted by Gasteiger charge is 2.00. The highest BCUT2D eigenvalue weighted by atomic mass is 32.1. The largest absolute Gasteiger partial charge is 2.00 e. The van der Waals surface area contributed by atoms with Crippen molar-refractivity contribution in [1.29, 1.82) is 0 Å². The molecule has 0 aromatic heterocycles. The molecule has 2 atom stereocenters. The zero-order valence-electron chi connectivity index (χ0n) is 6.43. The summed E-state index contributed by atoms with van der Waals surface area (Å²) < 4.78 is 26.4. The molecular formula is C4H8O6P2S. The molecule has 6 nitrogen and oxygen atoms in total. The van der Waals surface area contributed by atoms with E-state index in [4.69, 9.17) is 0 Å². The third-order valence-electron chi connectivity index (χ3n) is 0.359. The second-order valence-corrected chi connectivity index (χ2v) is 2.54. The predicted molar refractivity (Wildman–Crippen MR) is 47.9 cm³/mol. The van der Waals surface area contributed by atoms with Crippen molar-refractivity contribution in [1.82, 2.24) is 0 Å². The van der Waals surface area contributed by atoms with Gasteiger partial charge in [0.25, 0.3) is 0 Å². The van der Waals surface area contributed by atoms with E-state index in [1.165, 1.54) is 0 Å². The Morgan fingerprint density at radius 1 is 1.00 bits per heavy atom. The molecule has 0 aliphatic heterocycles. The van der Waals surface area contributed by atoms with Crippen LogP contribution in [0.5, 0.6) is 0 Å². The molecule has 0 heterocycles. The van der Waals surface area contributed by atoms with Crippen molar-refractivity contribution < 1.29 is 28.0 Å². The van der Waals surface area contributed by atoms with Gasteiger partial charge in [-0.25, -0.2) is 0 Å². The molecule has 2 unspecified atom stereocenters. The van der Waals surface area contributed by atoms with E-state index in [0.717, 1.165) is 12.5 Å². The van der Waals surface area contributed by atoms with Gasteiger partial charge < -0.3 is 18.8 Å². The zero-order chi connectivity index (χ0) is 9.98. The van der Waals surface area contributed by atoms with Crippen molar-refractivity contribution in [2.24, 2.45) is 0 Å². The maximum atomic E-state index is 9.38. The molecule has 0 aliphatic carbocycles. The lowest BCUT2D eigenvalue weighted by atomic mass is 11.2. The lowest BCUT2D eigenvalue weighted by Crippen LogP contribution is -1.83. The van der Waals surface area contributed by atoms with Crippen LogP contribution in [0.1, 0.15) is 0 Å². The van der Waals surface area contributed by atoms with Crippen LogP contribution in [-0.4, -0.2) is 0 Å². The van der Waals surface area contributed by atoms with Crippen molar-refractivity contribution in [2.45, 2.75) is 0 Å². The van der Waals surface area contributed by atoms with Gasteiger partial charge in [-0.1, -0.05) is 13.2 Å². The topological polar surface area (TPSA) is 98.7 Å². The van der Waals surface area contributed by atoms with Crippen LogP contribution in [-0.2, 0) is 31.7 Å². The molecule has 0 aromatic rings. The molecule has 13 heavy (non-hydrogen) atoms. The van der Waals surface area contributed by atoms with Gasteiger partial charge in [-0.3, -0.25) is 9.13 Å². The fraction of sp³-hybridized carbons (Fsp3) is 0. The second kappa shape index (κ2) is 14.3. The monoisotopic (exact) mass is 246 g/mol. The van der Waals surface area contributed by atoms with Gasteiger partial charge in [0.15, 0.2) is 16.5 Å². The van der Waals surface area contributed by atoms with Gasteiger partial charge in [-0.05, 0) is 0 Å². The summed E-state index contributed by atoms with van der Waals surface area (Å²) in [5.41, 5.74) is 0. The van der Waals surface area contributed by atoms with Crippen LogP contribution in [0.2, 0.25) is 0 Å². The SMILES string of the molecule is C=CO[PH](=O)[O-].C=CO[PH](=O)[O-].[S+2]. The van der Waals surface area contributed by atoms with Gasteiger partial charge in [0.05, 0.1) is 12.5 Å². The highest BCUT2D eigenvalue weighted by Crippen LogP contribution is 2.06. The standard InChI is InChI=1S/2C2H5O3P.S/c2*1-2-5-6(3)4;/h2*2,6H,1H2,(H,3,4);/q;;+2/p-2. The van der Waals surface area contributed by atoms with Crippen molar-refractivity contribution in [3.8, 4) is 0 Å². The van der Waals surface area contributed by atoms with Crippen LogP contribution in [0.3, 0.4) is 0 Å². The van der Waals surface area contributed by atoms with Gasteiger partial charge in [0, 0.05) is 0 Å². The Labute approximate surface area is 84.2 Å². The molecule has 0 aliphatic rings. The summed E-state index contributed by atoms with van der Waals surface area (Å²) >= 11 is 0. The van der Waals surface area contributed by atoms with Crippen LogP contribution in [0.25, 0.3) is 0 Å². The Balaban J connectivity index is -0.000000143. The molecule has 9 heteroatoms. The number of rotatable bonds is 4. The molecule has 0 amide bonds. The summed E-state index contributed by atoms with van der Waals surface area (Å²) in [5.74, 6) is 0. The third kappa shape index (κ3) is 33.7. The van der Waals surface area contributed by atoms with Crippen molar-refractivity contribution in [3.05, 3.63) is 25.7 Å². The van der Waals surface area contributed by atoms with E-state index < -0.39 is 16.5 Å². The quantitative estimate of drug-likeness (QED) is 0.502. The summed E-state index contributed by atoms with van der Waals surface area (Å²) in [5, 5.41) is 0. The van der Waals surface area contributed by atoms with Crippen LogP contribution in [0, 0.1) is 0 Å². The molecule has 0 N–H and O–H groups in total. The van der Waals surface area contributed by atoms with E-state index in [1.807, 2.05) is 0 Å². The second-order valence-electron chi connectivity index (χ2n) is 1.07. The smallest absolute Gasteiger partial charge is 0.771 e. The van der Waals surface area contributed by atoms with Gasteiger partial charge >= 0.3 is 13.5 Å². The maximum absolute atomic E-state index is 9.38. The number of hydrogen-bond acceptors (Lipinski definition) is 6. The zero-order valence-corrected chi connectivity index (χ0v) is 9.24. The summed E-state index contributed by atoms with van der Waals surface area (Å²) in [6.45, 7) is 6.01. The fourth-order valence-electron chi connectivity index (χ4n) is 0.136. The van der Waals surface area contributed by atoms with Gasteiger partial charge in [-0.15, -0.1) is 0 Å². The van der Waals surface area contributed by atoms with Crippen LogP contribution < -0.4 is 9.79 Å². The number of hydrogen-bond donors (Lipinski definition) is 0. The first-order valence-electron chi connectivity index (χ1n) is 2.51. The molecule has 0 bridgehead atoms. The Kier molecular flexibility index (Phi) is 20.5. The molecule has 4 radical (unpaired) electrons. The van der Waals surface area contributed by atoms with Gasteiger partial charge in [-0.2, -0.15) is 0 Å². The van der Waals surface area contributed by atoms with Crippen LogP contribution in [0.15, 0.2) is 25.7 Å². The molecule has 0 rings (SSSR count). The molecule has 0 saturated carbocycles. The van der Waals surface area contributed by atoms with Crippen LogP contribution in [0.4, 0.5) is 0 Å². The minimum atomic E-state index is -3.00. The molecule has 0 saturated heterocycles. The van der Waals surface area contributed by atoms with E-state index in [9.17, 15) is 18.9 Å². The average molecular weight is 246 g/mol. The van der Waals surface area contributed by atoms with E-state index in [-0.39, 0.29) is 13.5 Å². The minimum Gasteiger partial charge on any atom is -0.771 e. The Hall–Kier alpha value is -0.190. The highest BCUT2D eigenvalue weighted by molar-refractivity contribution is 7.37. The molecule has 76 valence electrons. The maximum Gasteiger partial charge on any atom is 2.00 e. The lowest BCUT2D eigenvalue weighted by Gasteiger charge is -1.98. The Bertz CT molecular complexity index is 163. The van der Waals surface area contributed by atoms with E-state index in [0.29, 0.717) is 0 Å². The fourth-order valence-corrected chi connectivity index (χ4v) is 0.408. The molecular weight excluding hydrogens is 238 g/mol.